The third-order valence-corrected chi connectivity index (χ3v) is 7.90. The molecule has 3 N–H and O–H groups in total. The average Bonchev–Trinajstić information content (AvgIpc) is 3.03. The molecule has 4 aromatic carbocycles. The summed E-state index contributed by atoms with van der Waals surface area (Å²) in [6.45, 7) is 5.78. The second kappa shape index (κ2) is 14.9. The van der Waals surface area contributed by atoms with E-state index in [2.05, 4.69) is 16.0 Å². The zero-order valence-electron chi connectivity index (χ0n) is 25.3. The SMILES string of the molecule is COc1ccc(OC)c(/C=C(\NC(=O)c2ccccc2)C(=O)Nc2ccc(SC(C)C(=O)Nc3c(C)cccc3C)cc2)c1. The number of rotatable bonds is 11. The summed E-state index contributed by atoms with van der Waals surface area (Å²) in [5, 5.41) is 8.27. The topological polar surface area (TPSA) is 106 Å². The number of carbonyl (C=O) groups is 3. The van der Waals surface area contributed by atoms with Crippen LogP contribution in [0.4, 0.5) is 11.4 Å². The van der Waals surface area contributed by atoms with Crippen LogP contribution in [0.25, 0.3) is 6.08 Å². The van der Waals surface area contributed by atoms with Crippen LogP contribution in [0.2, 0.25) is 0 Å². The summed E-state index contributed by atoms with van der Waals surface area (Å²) in [5.41, 5.74) is 4.33. The van der Waals surface area contributed by atoms with Gasteiger partial charge < -0.3 is 25.4 Å². The van der Waals surface area contributed by atoms with E-state index in [9.17, 15) is 14.4 Å². The number of para-hydroxylation sites is 1. The summed E-state index contributed by atoms with van der Waals surface area (Å²) in [7, 11) is 3.07. The first-order valence-electron chi connectivity index (χ1n) is 13.9. The van der Waals surface area contributed by atoms with Crippen LogP contribution in [0.5, 0.6) is 11.5 Å². The number of thioether (sulfide) groups is 1. The number of ether oxygens (including phenoxy) is 2. The lowest BCUT2D eigenvalue weighted by Gasteiger charge is -2.16. The molecule has 3 amide bonds. The van der Waals surface area contributed by atoms with Crippen LogP contribution in [0, 0.1) is 13.8 Å². The summed E-state index contributed by atoms with van der Waals surface area (Å²) in [6, 6.07) is 26.9. The van der Waals surface area contributed by atoms with Gasteiger partial charge in [-0.2, -0.15) is 0 Å². The maximum absolute atomic E-state index is 13.5. The lowest BCUT2D eigenvalue weighted by molar-refractivity contribution is -0.115. The Balaban J connectivity index is 1.50. The Labute approximate surface area is 261 Å². The first kappa shape index (κ1) is 31.9. The Bertz CT molecular complexity index is 1650. The van der Waals surface area contributed by atoms with Crippen molar-refractivity contribution in [3.63, 3.8) is 0 Å². The molecule has 0 saturated carbocycles. The minimum absolute atomic E-state index is 0.0145. The summed E-state index contributed by atoms with van der Waals surface area (Å²) in [4.78, 5) is 40.3. The fourth-order valence-electron chi connectivity index (χ4n) is 4.36. The van der Waals surface area contributed by atoms with Crippen molar-refractivity contribution in [2.45, 2.75) is 30.9 Å². The molecular weight excluding hydrogens is 574 g/mol. The van der Waals surface area contributed by atoms with Gasteiger partial charge >= 0.3 is 0 Å². The number of amides is 3. The molecule has 0 saturated heterocycles. The molecule has 0 aromatic heterocycles. The summed E-state index contributed by atoms with van der Waals surface area (Å²) < 4.78 is 10.8. The Kier molecular flexibility index (Phi) is 10.8. The molecule has 44 heavy (non-hydrogen) atoms. The zero-order chi connectivity index (χ0) is 31.6. The van der Waals surface area contributed by atoms with Gasteiger partial charge in [0.15, 0.2) is 0 Å². The van der Waals surface area contributed by atoms with Crippen molar-refractivity contribution in [1.82, 2.24) is 5.32 Å². The Morgan fingerprint density at radius 1 is 0.795 bits per heavy atom. The van der Waals surface area contributed by atoms with Crippen LogP contribution >= 0.6 is 11.8 Å². The molecule has 0 heterocycles. The molecule has 0 aliphatic heterocycles. The molecule has 1 atom stereocenters. The molecule has 8 nitrogen and oxygen atoms in total. The molecule has 0 spiro atoms. The molecule has 4 aromatic rings. The van der Waals surface area contributed by atoms with Crippen molar-refractivity contribution in [3.8, 4) is 11.5 Å². The fraction of sp³-hybridized carbons (Fsp3) is 0.171. The normalized spacial score (nSPS) is 11.7. The largest absolute Gasteiger partial charge is 0.497 e. The standard InChI is InChI=1S/C35H35N3O5S/c1-22-10-9-11-23(2)32(22)38-33(39)24(3)44-29-17-14-27(15-18-29)36-35(41)30(37-34(40)25-12-7-6-8-13-25)21-26-20-28(42-4)16-19-31(26)43-5/h6-21,24H,1-5H3,(H,36,41)(H,37,40)(H,38,39)/b30-21-. The number of methoxy groups -OCH3 is 2. The van der Waals surface area contributed by atoms with Gasteiger partial charge in [-0.15, -0.1) is 11.8 Å². The van der Waals surface area contributed by atoms with Crippen LogP contribution in [0.3, 0.4) is 0 Å². The summed E-state index contributed by atoms with van der Waals surface area (Å²) >= 11 is 1.41. The monoisotopic (exact) mass is 609 g/mol. The molecule has 0 fully saturated rings. The second-order valence-electron chi connectivity index (χ2n) is 9.98. The first-order valence-corrected chi connectivity index (χ1v) is 14.8. The van der Waals surface area contributed by atoms with E-state index in [-0.39, 0.29) is 16.9 Å². The first-order chi connectivity index (χ1) is 21.2. The van der Waals surface area contributed by atoms with E-state index in [0.29, 0.717) is 28.3 Å². The van der Waals surface area contributed by atoms with E-state index >= 15 is 0 Å². The number of hydrogen-bond donors (Lipinski definition) is 3. The van der Waals surface area contributed by atoms with Gasteiger partial charge in [0.2, 0.25) is 5.91 Å². The minimum Gasteiger partial charge on any atom is -0.497 e. The highest BCUT2D eigenvalue weighted by Gasteiger charge is 2.18. The van der Waals surface area contributed by atoms with E-state index in [1.807, 2.05) is 57.2 Å². The van der Waals surface area contributed by atoms with Crippen molar-refractivity contribution >= 4 is 46.9 Å². The maximum Gasteiger partial charge on any atom is 0.272 e. The highest BCUT2D eigenvalue weighted by atomic mass is 32.2. The van der Waals surface area contributed by atoms with E-state index in [1.54, 1.807) is 61.7 Å². The minimum atomic E-state index is -0.527. The van der Waals surface area contributed by atoms with Gasteiger partial charge in [-0.3, -0.25) is 14.4 Å². The Morgan fingerprint density at radius 3 is 2.11 bits per heavy atom. The van der Waals surface area contributed by atoms with Crippen molar-refractivity contribution in [2.24, 2.45) is 0 Å². The number of aryl methyl sites for hydroxylation is 2. The van der Waals surface area contributed by atoms with Crippen molar-refractivity contribution < 1.29 is 23.9 Å². The third-order valence-electron chi connectivity index (χ3n) is 6.79. The van der Waals surface area contributed by atoms with Gasteiger partial charge in [0.25, 0.3) is 11.8 Å². The fourth-order valence-corrected chi connectivity index (χ4v) is 5.23. The molecule has 0 bridgehead atoms. The lowest BCUT2D eigenvalue weighted by atomic mass is 10.1. The highest BCUT2D eigenvalue weighted by molar-refractivity contribution is 8.00. The van der Waals surface area contributed by atoms with Crippen molar-refractivity contribution in [3.05, 3.63) is 119 Å². The lowest BCUT2D eigenvalue weighted by Crippen LogP contribution is -2.30. The van der Waals surface area contributed by atoms with Gasteiger partial charge in [0.05, 0.1) is 19.5 Å². The van der Waals surface area contributed by atoms with Crippen molar-refractivity contribution in [2.75, 3.05) is 24.9 Å². The average molecular weight is 610 g/mol. The second-order valence-corrected chi connectivity index (χ2v) is 11.4. The molecule has 9 heteroatoms. The molecular formula is C35H35N3O5S. The molecule has 226 valence electrons. The third kappa shape index (κ3) is 8.29. The van der Waals surface area contributed by atoms with Crippen LogP contribution in [0.15, 0.2) is 102 Å². The molecule has 0 radical (unpaired) electrons. The quantitative estimate of drug-likeness (QED) is 0.127. The highest BCUT2D eigenvalue weighted by Crippen LogP contribution is 2.28. The van der Waals surface area contributed by atoms with Gasteiger partial charge in [0, 0.05) is 27.4 Å². The van der Waals surface area contributed by atoms with Crippen LogP contribution in [-0.4, -0.2) is 37.2 Å². The number of benzene rings is 4. The smallest absolute Gasteiger partial charge is 0.272 e. The van der Waals surface area contributed by atoms with Crippen LogP contribution in [0.1, 0.15) is 34.0 Å². The predicted octanol–water partition coefficient (Wildman–Crippen LogP) is 6.85. The number of nitrogens with one attached hydrogen (secondary N) is 3. The van der Waals surface area contributed by atoms with E-state index in [0.717, 1.165) is 21.7 Å². The number of anilines is 2. The maximum atomic E-state index is 13.5. The van der Waals surface area contributed by atoms with Gasteiger partial charge in [-0.1, -0.05) is 36.4 Å². The number of hydrogen-bond acceptors (Lipinski definition) is 6. The Morgan fingerprint density at radius 2 is 1.48 bits per heavy atom. The molecule has 0 aliphatic carbocycles. The summed E-state index contributed by atoms with van der Waals surface area (Å²) in [5.74, 6) is 0.00904. The number of carbonyl (C=O) groups excluding carboxylic acids is 3. The van der Waals surface area contributed by atoms with E-state index in [1.165, 1.54) is 24.9 Å². The van der Waals surface area contributed by atoms with Gasteiger partial charge in [0.1, 0.15) is 17.2 Å². The predicted molar refractivity (Wildman–Crippen MR) is 176 cm³/mol. The molecule has 0 aliphatic rings. The van der Waals surface area contributed by atoms with Gasteiger partial charge in [-0.05, 0) is 92.6 Å². The summed E-state index contributed by atoms with van der Waals surface area (Å²) in [6.07, 6.45) is 1.54. The van der Waals surface area contributed by atoms with Gasteiger partial charge in [-0.25, -0.2) is 0 Å². The molecule has 1 unspecified atom stereocenters. The van der Waals surface area contributed by atoms with Crippen molar-refractivity contribution in [1.29, 1.82) is 0 Å². The van der Waals surface area contributed by atoms with E-state index < -0.39 is 11.8 Å². The van der Waals surface area contributed by atoms with E-state index in [4.69, 9.17) is 9.47 Å². The van der Waals surface area contributed by atoms with Crippen LogP contribution < -0.4 is 25.4 Å². The van der Waals surface area contributed by atoms with Crippen LogP contribution in [-0.2, 0) is 9.59 Å². The zero-order valence-corrected chi connectivity index (χ0v) is 26.1. The molecule has 4 rings (SSSR count). The Hall–Kier alpha value is -5.02.